The van der Waals surface area contributed by atoms with Crippen molar-refractivity contribution in [2.45, 2.75) is 18.9 Å². The lowest BCUT2D eigenvalue weighted by Gasteiger charge is -2.37. The average Bonchev–Trinajstić information content (AvgIpc) is 2.44. The zero-order chi connectivity index (χ0) is 15.6. The molecule has 0 fully saturated rings. The van der Waals surface area contributed by atoms with Crippen molar-refractivity contribution < 1.29 is 23.5 Å². The van der Waals surface area contributed by atoms with Gasteiger partial charge < -0.3 is 14.9 Å². The van der Waals surface area contributed by atoms with E-state index in [1.165, 1.54) is 7.05 Å². The predicted molar refractivity (Wildman–Crippen MR) is 71.3 cm³/mol. The molecule has 0 saturated carbocycles. The molecule has 1 heterocycles. The summed E-state index contributed by atoms with van der Waals surface area (Å²) in [5, 5.41) is 9.41. The number of carboxylic acids is 1. The molecule has 114 valence electrons. The van der Waals surface area contributed by atoms with Crippen LogP contribution in [0.2, 0.25) is 0 Å². The maximum atomic E-state index is 12.4. The molecular formula is C14H16F2N2O3. The van der Waals surface area contributed by atoms with Crippen LogP contribution in [0.3, 0.4) is 0 Å². The predicted octanol–water partition coefficient (Wildman–Crippen LogP) is 1.99. The number of carbonyl (C=O) groups is 2. The topological polar surface area (TPSA) is 60.9 Å². The Kier molecular flexibility index (Phi) is 4.40. The molecule has 1 aromatic rings. The van der Waals surface area contributed by atoms with Gasteiger partial charge >= 0.3 is 12.0 Å². The third-order valence-corrected chi connectivity index (χ3v) is 3.50. The lowest BCUT2D eigenvalue weighted by Crippen LogP contribution is -2.49. The molecule has 1 atom stereocenters. The van der Waals surface area contributed by atoms with Crippen LogP contribution in [-0.2, 0) is 11.2 Å². The van der Waals surface area contributed by atoms with Gasteiger partial charge in [-0.2, -0.15) is 0 Å². The molecule has 1 aromatic carbocycles. The molecule has 0 aromatic heterocycles. The number of carboxylic acid groups (broad SMARTS) is 1. The van der Waals surface area contributed by atoms with Crippen LogP contribution in [-0.4, -0.2) is 53.5 Å². The van der Waals surface area contributed by atoms with Gasteiger partial charge in [-0.1, -0.05) is 24.3 Å². The highest BCUT2D eigenvalue weighted by Gasteiger charge is 2.37. The minimum absolute atomic E-state index is 0.195. The monoisotopic (exact) mass is 298 g/mol. The third-order valence-electron chi connectivity index (χ3n) is 3.50. The fourth-order valence-corrected chi connectivity index (χ4v) is 2.54. The van der Waals surface area contributed by atoms with E-state index < -0.39 is 31.0 Å². The van der Waals surface area contributed by atoms with Crippen molar-refractivity contribution in [3.63, 3.8) is 0 Å². The van der Waals surface area contributed by atoms with E-state index in [0.29, 0.717) is 12.0 Å². The molecule has 1 aliphatic heterocycles. The Hall–Kier alpha value is -2.18. The third kappa shape index (κ3) is 3.12. The number of aliphatic carboxylic acids is 1. The number of urea groups is 1. The molecule has 0 spiro atoms. The van der Waals surface area contributed by atoms with E-state index in [4.69, 9.17) is 0 Å². The van der Waals surface area contributed by atoms with Crippen molar-refractivity contribution in [2.24, 2.45) is 0 Å². The summed E-state index contributed by atoms with van der Waals surface area (Å²) in [5.74, 6) is -1.17. The Morgan fingerprint density at radius 2 is 2.10 bits per heavy atom. The summed E-state index contributed by atoms with van der Waals surface area (Å²) in [4.78, 5) is 25.7. The zero-order valence-corrected chi connectivity index (χ0v) is 11.5. The Bertz CT molecular complexity index is 551. The van der Waals surface area contributed by atoms with Gasteiger partial charge in [-0.25, -0.2) is 18.4 Å². The average molecular weight is 298 g/mol. The summed E-state index contributed by atoms with van der Waals surface area (Å²) in [7, 11) is 1.24. The van der Waals surface area contributed by atoms with Gasteiger partial charge in [0.15, 0.2) is 6.04 Å². The van der Waals surface area contributed by atoms with E-state index in [9.17, 15) is 23.5 Å². The number of hydrogen-bond donors (Lipinski definition) is 1. The van der Waals surface area contributed by atoms with Gasteiger partial charge in [-0.15, -0.1) is 0 Å². The molecule has 0 saturated heterocycles. The van der Waals surface area contributed by atoms with Crippen LogP contribution < -0.4 is 0 Å². The highest BCUT2D eigenvalue weighted by Crippen LogP contribution is 2.30. The Balaban J connectivity index is 2.28. The Morgan fingerprint density at radius 3 is 2.71 bits per heavy atom. The molecule has 1 N–H and O–H groups in total. The zero-order valence-electron chi connectivity index (χ0n) is 11.5. The number of nitrogens with zero attached hydrogens (tertiary/aromatic N) is 2. The molecule has 1 unspecified atom stereocenters. The van der Waals surface area contributed by atoms with Crippen molar-refractivity contribution in [3.8, 4) is 0 Å². The van der Waals surface area contributed by atoms with Crippen LogP contribution in [0.1, 0.15) is 17.2 Å². The van der Waals surface area contributed by atoms with Crippen LogP contribution in [0.15, 0.2) is 24.3 Å². The molecule has 21 heavy (non-hydrogen) atoms. The first-order valence-corrected chi connectivity index (χ1v) is 6.52. The number of halogens is 2. The molecule has 0 radical (unpaired) electrons. The summed E-state index contributed by atoms with van der Waals surface area (Å²) >= 11 is 0. The molecular weight excluding hydrogens is 282 g/mol. The molecule has 0 bridgehead atoms. The van der Waals surface area contributed by atoms with Gasteiger partial charge in [-0.05, 0) is 17.5 Å². The number of carbonyl (C=O) groups excluding carboxylic acids is 1. The van der Waals surface area contributed by atoms with Crippen molar-refractivity contribution in [1.82, 2.24) is 9.80 Å². The number of alkyl halides is 2. The van der Waals surface area contributed by atoms with Gasteiger partial charge in [0.05, 0.1) is 6.54 Å². The van der Waals surface area contributed by atoms with E-state index in [1.54, 1.807) is 18.2 Å². The van der Waals surface area contributed by atoms with E-state index in [-0.39, 0.29) is 6.54 Å². The van der Waals surface area contributed by atoms with Crippen molar-refractivity contribution in [2.75, 3.05) is 20.1 Å². The molecule has 2 amide bonds. The highest BCUT2D eigenvalue weighted by atomic mass is 19.3. The maximum absolute atomic E-state index is 12.4. The molecule has 0 aliphatic carbocycles. The van der Waals surface area contributed by atoms with Crippen molar-refractivity contribution >= 4 is 12.0 Å². The fourth-order valence-electron chi connectivity index (χ4n) is 2.54. The summed E-state index contributed by atoms with van der Waals surface area (Å²) in [6, 6.07) is 5.14. The lowest BCUT2D eigenvalue weighted by molar-refractivity contribution is -0.143. The van der Waals surface area contributed by atoms with E-state index in [0.717, 1.165) is 15.4 Å². The van der Waals surface area contributed by atoms with Crippen molar-refractivity contribution in [3.05, 3.63) is 35.4 Å². The second-order valence-corrected chi connectivity index (χ2v) is 4.94. The van der Waals surface area contributed by atoms with Gasteiger partial charge in [0.2, 0.25) is 0 Å². The first kappa shape index (κ1) is 15.2. The maximum Gasteiger partial charge on any atom is 0.331 e. The Morgan fingerprint density at radius 1 is 1.43 bits per heavy atom. The molecule has 7 heteroatoms. The molecule has 2 rings (SSSR count). The summed E-state index contributed by atoms with van der Waals surface area (Å²) in [5.41, 5.74) is 1.40. The number of fused-ring (bicyclic) bond motifs is 1. The Labute approximate surface area is 120 Å². The lowest BCUT2D eigenvalue weighted by atomic mass is 9.93. The van der Waals surface area contributed by atoms with Crippen LogP contribution in [0, 0.1) is 0 Å². The van der Waals surface area contributed by atoms with Gasteiger partial charge in [0.1, 0.15) is 0 Å². The quantitative estimate of drug-likeness (QED) is 0.928. The largest absolute Gasteiger partial charge is 0.479 e. The standard InChI is InChI=1S/C14H16F2N2O3/c1-17(8-11(15)16)14(21)18-7-6-9-4-2-3-5-10(9)12(18)13(19)20/h2-5,11-12H,6-8H2,1H3,(H,19,20). The van der Waals surface area contributed by atoms with E-state index in [1.807, 2.05) is 6.07 Å². The fraction of sp³-hybridized carbons (Fsp3) is 0.429. The van der Waals surface area contributed by atoms with Gasteiger partial charge in [-0.3, -0.25) is 0 Å². The first-order chi connectivity index (χ1) is 9.91. The normalized spacial score (nSPS) is 17.5. The smallest absolute Gasteiger partial charge is 0.331 e. The number of amides is 2. The summed E-state index contributed by atoms with van der Waals surface area (Å²) < 4.78 is 24.8. The summed E-state index contributed by atoms with van der Waals surface area (Å²) in [6.07, 6.45) is -2.15. The van der Waals surface area contributed by atoms with E-state index >= 15 is 0 Å². The van der Waals surface area contributed by atoms with Crippen LogP contribution in [0.25, 0.3) is 0 Å². The SMILES string of the molecule is CN(CC(F)F)C(=O)N1CCc2ccccc2C1C(=O)O. The van der Waals surface area contributed by atoms with Gasteiger partial charge in [0.25, 0.3) is 6.43 Å². The van der Waals surface area contributed by atoms with Crippen LogP contribution >= 0.6 is 0 Å². The number of hydrogen-bond acceptors (Lipinski definition) is 2. The van der Waals surface area contributed by atoms with Gasteiger partial charge in [0, 0.05) is 13.6 Å². The molecule has 1 aliphatic rings. The van der Waals surface area contributed by atoms with E-state index in [2.05, 4.69) is 0 Å². The minimum atomic E-state index is -2.65. The summed E-state index contributed by atoms with van der Waals surface area (Å²) in [6.45, 7) is -0.524. The highest BCUT2D eigenvalue weighted by molar-refractivity contribution is 5.84. The number of benzene rings is 1. The number of rotatable bonds is 3. The first-order valence-electron chi connectivity index (χ1n) is 6.52. The van der Waals surface area contributed by atoms with Crippen LogP contribution in [0.4, 0.5) is 13.6 Å². The second-order valence-electron chi connectivity index (χ2n) is 4.94. The second kappa shape index (κ2) is 6.07. The minimum Gasteiger partial charge on any atom is -0.479 e. The molecule has 5 nitrogen and oxygen atoms in total. The van der Waals surface area contributed by atoms with Crippen molar-refractivity contribution in [1.29, 1.82) is 0 Å². The van der Waals surface area contributed by atoms with Crippen LogP contribution in [0.5, 0.6) is 0 Å².